The SMILES string of the molecule is COc1ccccc1[C@@H]1C[C@@H](c2ccc(Cl)cc2)N(C(=O)CC(C)C)c2ncnn21. The van der Waals surface area contributed by atoms with Crippen LogP contribution < -0.4 is 9.64 Å². The van der Waals surface area contributed by atoms with Gasteiger partial charge in [-0.05, 0) is 36.1 Å². The molecule has 0 radical (unpaired) electrons. The van der Waals surface area contributed by atoms with Gasteiger partial charge in [-0.3, -0.25) is 9.69 Å². The molecule has 0 spiro atoms. The van der Waals surface area contributed by atoms with Gasteiger partial charge in [-0.2, -0.15) is 10.1 Å². The quantitative estimate of drug-likeness (QED) is 0.574. The standard InChI is InChI=1S/C23H25ClN4O2/c1-15(2)12-22(29)27-19(16-8-10-17(24)11-9-16)13-20(28-23(27)25-14-26-28)18-6-4-5-7-21(18)30-3/h4-11,14-15,19-20H,12-13H2,1-3H3/t19-,20-/m0/s1. The molecule has 0 aliphatic carbocycles. The number of methoxy groups -OCH3 is 1. The van der Waals surface area contributed by atoms with Crippen LogP contribution in [0.4, 0.5) is 5.95 Å². The number of rotatable bonds is 5. The lowest BCUT2D eigenvalue weighted by Crippen LogP contribution is -2.43. The van der Waals surface area contributed by atoms with E-state index in [4.69, 9.17) is 16.3 Å². The Labute approximate surface area is 181 Å². The molecule has 0 saturated heterocycles. The largest absolute Gasteiger partial charge is 0.496 e. The van der Waals surface area contributed by atoms with E-state index >= 15 is 0 Å². The lowest BCUT2D eigenvalue weighted by atomic mass is 9.91. The molecule has 2 heterocycles. The Morgan fingerprint density at radius 1 is 1.17 bits per heavy atom. The molecule has 1 aliphatic rings. The molecule has 2 aromatic carbocycles. The molecule has 1 amide bonds. The Morgan fingerprint density at radius 2 is 1.90 bits per heavy atom. The zero-order valence-corrected chi connectivity index (χ0v) is 18.1. The van der Waals surface area contributed by atoms with Crippen molar-refractivity contribution in [1.29, 1.82) is 0 Å². The maximum atomic E-state index is 13.3. The van der Waals surface area contributed by atoms with E-state index < -0.39 is 0 Å². The highest BCUT2D eigenvalue weighted by atomic mass is 35.5. The van der Waals surface area contributed by atoms with E-state index in [1.807, 2.05) is 67.1 Å². The van der Waals surface area contributed by atoms with Gasteiger partial charge in [0.2, 0.25) is 11.9 Å². The average molecular weight is 425 g/mol. The van der Waals surface area contributed by atoms with Gasteiger partial charge in [-0.1, -0.05) is 55.8 Å². The summed E-state index contributed by atoms with van der Waals surface area (Å²) in [4.78, 5) is 19.6. The van der Waals surface area contributed by atoms with Crippen molar-refractivity contribution in [3.63, 3.8) is 0 Å². The summed E-state index contributed by atoms with van der Waals surface area (Å²) in [6.45, 7) is 4.09. The Bertz CT molecular complexity index is 1030. The van der Waals surface area contributed by atoms with Crippen LogP contribution in [0.1, 0.15) is 49.9 Å². The van der Waals surface area contributed by atoms with Gasteiger partial charge in [-0.15, -0.1) is 0 Å². The number of aromatic nitrogens is 3. The van der Waals surface area contributed by atoms with Gasteiger partial charge in [0.05, 0.1) is 19.2 Å². The number of ether oxygens (including phenoxy) is 1. The normalized spacial score (nSPS) is 18.4. The molecule has 7 heteroatoms. The third-order valence-electron chi connectivity index (χ3n) is 5.43. The summed E-state index contributed by atoms with van der Waals surface area (Å²) in [5.74, 6) is 1.63. The molecule has 0 fully saturated rings. The molecule has 1 aliphatic heterocycles. The fraction of sp³-hybridized carbons (Fsp3) is 0.348. The highest BCUT2D eigenvalue weighted by Gasteiger charge is 2.40. The van der Waals surface area contributed by atoms with Crippen molar-refractivity contribution in [3.8, 4) is 5.75 Å². The van der Waals surface area contributed by atoms with Crippen molar-refractivity contribution in [1.82, 2.24) is 14.8 Å². The number of hydrogen-bond acceptors (Lipinski definition) is 4. The molecule has 156 valence electrons. The highest BCUT2D eigenvalue weighted by Crippen LogP contribution is 2.44. The van der Waals surface area contributed by atoms with Crippen LogP contribution >= 0.6 is 11.6 Å². The number of nitrogens with zero attached hydrogens (tertiary/aromatic N) is 4. The molecular formula is C23H25ClN4O2. The number of hydrogen-bond donors (Lipinski definition) is 0. The fourth-order valence-electron chi connectivity index (χ4n) is 4.10. The minimum Gasteiger partial charge on any atom is -0.496 e. The number of halogens is 1. The van der Waals surface area contributed by atoms with Crippen LogP contribution in [0.15, 0.2) is 54.9 Å². The monoisotopic (exact) mass is 424 g/mol. The van der Waals surface area contributed by atoms with Gasteiger partial charge in [-0.25, -0.2) is 4.68 Å². The van der Waals surface area contributed by atoms with Crippen molar-refractivity contribution >= 4 is 23.5 Å². The molecule has 4 rings (SSSR count). The number of carbonyl (C=O) groups excluding carboxylic acids is 1. The zero-order valence-electron chi connectivity index (χ0n) is 17.3. The van der Waals surface area contributed by atoms with E-state index in [1.165, 1.54) is 6.33 Å². The molecule has 0 saturated carbocycles. The first kappa shape index (κ1) is 20.4. The van der Waals surface area contributed by atoms with E-state index in [9.17, 15) is 4.79 Å². The molecule has 3 aromatic rings. The summed E-state index contributed by atoms with van der Waals surface area (Å²) >= 11 is 6.12. The summed E-state index contributed by atoms with van der Waals surface area (Å²) in [5, 5.41) is 5.14. The summed E-state index contributed by atoms with van der Waals surface area (Å²) in [7, 11) is 1.67. The van der Waals surface area contributed by atoms with E-state index in [-0.39, 0.29) is 23.9 Å². The smallest absolute Gasteiger partial charge is 0.231 e. The van der Waals surface area contributed by atoms with Gasteiger partial charge in [0, 0.05) is 17.0 Å². The summed E-state index contributed by atoms with van der Waals surface area (Å²) in [6.07, 6.45) is 2.61. The number of benzene rings is 2. The first-order chi connectivity index (χ1) is 14.5. The zero-order chi connectivity index (χ0) is 21.3. The van der Waals surface area contributed by atoms with Gasteiger partial charge in [0.1, 0.15) is 12.1 Å². The second-order valence-electron chi connectivity index (χ2n) is 7.93. The maximum Gasteiger partial charge on any atom is 0.231 e. The Morgan fingerprint density at radius 3 is 2.60 bits per heavy atom. The number of para-hydroxylation sites is 1. The molecule has 1 aromatic heterocycles. The van der Waals surface area contributed by atoms with Crippen molar-refractivity contribution in [2.45, 2.75) is 38.8 Å². The lowest BCUT2D eigenvalue weighted by Gasteiger charge is -2.39. The minimum atomic E-state index is -0.180. The van der Waals surface area contributed by atoms with Crippen molar-refractivity contribution in [2.24, 2.45) is 5.92 Å². The maximum absolute atomic E-state index is 13.3. The second-order valence-corrected chi connectivity index (χ2v) is 8.36. The van der Waals surface area contributed by atoms with Crippen LogP contribution in [0.25, 0.3) is 0 Å². The minimum absolute atomic E-state index is 0.0395. The fourth-order valence-corrected chi connectivity index (χ4v) is 4.22. The van der Waals surface area contributed by atoms with Crippen LogP contribution in [0, 0.1) is 5.92 Å². The third-order valence-corrected chi connectivity index (χ3v) is 5.68. The summed E-state index contributed by atoms with van der Waals surface area (Å²) in [5.41, 5.74) is 2.03. The van der Waals surface area contributed by atoms with E-state index in [0.29, 0.717) is 23.8 Å². The first-order valence-electron chi connectivity index (χ1n) is 10.1. The van der Waals surface area contributed by atoms with Gasteiger partial charge in [0.25, 0.3) is 0 Å². The first-order valence-corrected chi connectivity index (χ1v) is 10.5. The molecule has 0 N–H and O–H groups in total. The third kappa shape index (κ3) is 3.79. The molecule has 0 unspecified atom stereocenters. The van der Waals surface area contributed by atoms with Crippen LogP contribution in [0.2, 0.25) is 5.02 Å². The highest BCUT2D eigenvalue weighted by molar-refractivity contribution is 6.30. The Hall–Kier alpha value is -2.86. The number of carbonyl (C=O) groups is 1. The van der Waals surface area contributed by atoms with Gasteiger partial charge >= 0.3 is 0 Å². The van der Waals surface area contributed by atoms with E-state index in [2.05, 4.69) is 10.1 Å². The number of anilines is 1. The lowest BCUT2D eigenvalue weighted by molar-refractivity contribution is -0.120. The molecule has 30 heavy (non-hydrogen) atoms. The van der Waals surface area contributed by atoms with Crippen LogP contribution in [0.5, 0.6) is 5.75 Å². The Balaban J connectivity index is 1.84. The van der Waals surface area contributed by atoms with Gasteiger partial charge < -0.3 is 4.74 Å². The van der Waals surface area contributed by atoms with Crippen LogP contribution in [-0.4, -0.2) is 27.8 Å². The van der Waals surface area contributed by atoms with Gasteiger partial charge in [0.15, 0.2) is 0 Å². The van der Waals surface area contributed by atoms with Crippen LogP contribution in [-0.2, 0) is 4.79 Å². The van der Waals surface area contributed by atoms with Crippen molar-refractivity contribution in [2.75, 3.05) is 12.0 Å². The molecule has 0 bridgehead atoms. The van der Waals surface area contributed by atoms with Crippen molar-refractivity contribution < 1.29 is 9.53 Å². The summed E-state index contributed by atoms with van der Waals surface area (Å²) in [6, 6.07) is 15.3. The topological polar surface area (TPSA) is 60.2 Å². The van der Waals surface area contributed by atoms with E-state index in [0.717, 1.165) is 16.9 Å². The summed E-state index contributed by atoms with van der Waals surface area (Å²) < 4.78 is 7.45. The number of amides is 1. The predicted molar refractivity (Wildman–Crippen MR) is 117 cm³/mol. The predicted octanol–water partition coefficient (Wildman–Crippen LogP) is 5.05. The molecular weight excluding hydrogens is 400 g/mol. The Kier molecular flexibility index (Phi) is 5.77. The van der Waals surface area contributed by atoms with Crippen LogP contribution in [0.3, 0.4) is 0 Å². The van der Waals surface area contributed by atoms with E-state index in [1.54, 1.807) is 12.0 Å². The number of fused-ring (bicyclic) bond motifs is 1. The molecule has 6 nitrogen and oxygen atoms in total. The second kappa shape index (κ2) is 8.48. The van der Waals surface area contributed by atoms with Crippen molar-refractivity contribution in [3.05, 3.63) is 71.0 Å². The molecule has 2 atom stereocenters. The average Bonchev–Trinajstić information content (AvgIpc) is 3.22.